The molecule has 100 valence electrons. The monoisotopic (exact) mass is 259 g/mol. The smallest absolute Gasteiger partial charge is 0.265 e. The lowest BCUT2D eigenvalue weighted by atomic mass is 10.1. The van der Waals surface area contributed by atoms with Gasteiger partial charge in [0.1, 0.15) is 11.9 Å². The van der Waals surface area contributed by atoms with Crippen molar-refractivity contribution in [3.8, 4) is 5.75 Å². The van der Waals surface area contributed by atoms with Crippen LogP contribution in [0.3, 0.4) is 0 Å². The fraction of sp³-hybridized carbons (Fsp3) is 0.417. The van der Waals surface area contributed by atoms with Gasteiger partial charge >= 0.3 is 0 Å². The molecule has 6 heteroatoms. The molecule has 1 amide bonds. The fourth-order valence-electron chi connectivity index (χ4n) is 1.35. The van der Waals surface area contributed by atoms with Gasteiger partial charge in [-0.2, -0.15) is 0 Å². The van der Waals surface area contributed by atoms with E-state index in [9.17, 15) is 13.6 Å². The number of halogens is 2. The van der Waals surface area contributed by atoms with Crippen molar-refractivity contribution in [1.82, 2.24) is 5.32 Å². The molecule has 0 heterocycles. The normalized spacial score (nSPS) is 12.3. The third-order valence-corrected chi connectivity index (χ3v) is 2.43. The standard InChI is InChI=1S/C12H15F2NO3/c1-7-3-4-8(5-10(7)18-2)12(17)15-6-9(16)11(13)14/h3-5,9,11,16H,6H2,1-2H3,(H,15,17). The van der Waals surface area contributed by atoms with Crippen LogP contribution in [0, 0.1) is 6.92 Å². The summed E-state index contributed by atoms with van der Waals surface area (Å²) in [6, 6.07) is 4.76. The highest BCUT2D eigenvalue weighted by atomic mass is 19.3. The zero-order chi connectivity index (χ0) is 13.7. The van der Waals surface area contributed by atoms with Crippen molar-refractivity contribution >= 4 is 5.91 Å². The van der Waals surface area contributed by atoms with Gasteiger partial charge in [0.25, 0.3) is 12.3 Å². The first-order valence-corrected chi connectivity index (χ1v) is 5.34. The maximum Gasteiger partial charge on any atom is 0.265 e. The van der Waals surface area contributed by atoms with Crippen LogP contribution in [0.4, 0.5) is 8.78 Å². The maximum atomic E-state index is 12.0. The molecule has 1 atom stereocenters. The van der Waals surface area contributed by atoms with E-state index in [1.807, 2.05) is 6.92 Å². The zero-order valence-corrected chi connectivity index (χ0v) is 10.1. The summed E-state index contributed by atoms with van der Waals surface area (Å²) in [6.07, 6.45) is -4.74. The van der Waals surface area contributed by atoms with Crippen LogP contribution < -0.4 is 10.1 Å². The van der Waals surface area contributed by atoms with Gasteiger partial charge in [0, 0.05) is 12.1 Å². The number of benzene rings is 1. The molecule has 1 aromatic rings. The molecule has 4 nitrogen and oxygen atoms in total. The molecule has 0 radical (unpaired) electrons. The SMILES string of the molecule is COc1cc(C(=O)NCC(O)C(F)F)ccc1C. The highest BCUT2D eigenvalue weighted by molar-refractivity contribution is 5.94. The predicted octanol–water partition coefficient (Wildman–Crippen LogP) is 1.36. The Balaban J connectivity index is 2.67. The molecule has 0 saturated carbocycles. The van der Waals surface area contributed by atoms with E-state index >= 15 is 0 Å². The number of ether oxygens (including phenoxy) is 1. The van der Waals surface area contributed by atoms with E-state index in [1.54, 1.807) is 12.1 Å². The first kappa shape index (κ1) is 14.4. The number of methoxy groups -OCH3 is 1. The number of aliphatic hydroxyl groups is 1. The summed E-state index contributed by atoms with van der Waals surface area (Å²) in [5.41, 5.74) is 1.15. The van der Waals surface area contributed by atoms with Crippen molar-refractivity contribution in [2.45, 2.75) is 19.5 Å². The average Bonchev–Trinajstić information content (AvgIpc) is 2.35. The van der Waals surface area contributed by atoms with Gasteiger partial charge < -0.3 is 15.2 Å². The van der Waals surface area contributed by atoms with E-state index < -0.39 is 25.0 Å². The van der Waals surface area contributed by atoms with Crippen LogP contribution >= 0.6 is 0 Å². The Labute approximate surface area is 104 Å². The first-order valence-electron chi connectivity index (χ1n) is 5.34. The van der Waals surface area contributed by atoms with Gasteiger partial charge in [0.15, 0.2) is 0 Å². The van der Waals surface area contributed by atoms with Crippen molar-refractivity contribution in [2.75, 3.05) is 13.7 Å². The molecule has 2 N–H and O–H groups in total. The van der Waals surface area contributed by atoms with Crippen molar-refractivity contribution in [2.24, 2.45) is 0 Å². The topological polar surface area (TPSA) is 58.6 Å². The first-order chi connectivity index (χ1) is 8.45. The Bertz CT molecular complexity index is 424. The number of aryl methyl sites for hydroxylation is 1. The summed E-state index contributed by atoms with van der Waals surface area (Å²) in [6.45, 7) is 1.33. The number of hydrogen-bond acceptors (Lipinski definition) is 3. The quantitative estimate of drug-likeness (QED) is 0.839. The summed E-state index contributed by atoms with van der Waals surface area (Å²) in [5, 5.41) is 11.1. The van der Waals surface area contributed by atoms with E-state index in [0.29, 0.717) is 11.3 Å². The summed E-state index contributed by atoms with van der Waals surface area (Å²) in [7, 11) is 1.48. The van der Waals surface area contributed by atoms with Crippen molar-refractivity contribution in [3.63, 3.8) is 0 Å². The van der Waals surface area contributed by atoms with E-state index in [2.05, 4.69) is 5.32 Å². The van der Waals surface area contributed by atoms with Crippen LogP contribution in [-0.4, -0.2) is 37.2 Å². The van der Waals surface area contributed by atoms with Gasteiger partial charge in [-0.05, 0) is 24.6 Å². The van der Waals surface area contributed by atoms with Crippen LogP contribution in [0.1, 0.15) is 15.9 Å². The highest BCUT2D eigenvalue weighted by Crippen LogP contribution is 2.18. The van der Waals surface area contributed by atoms with E-state index in [-0.39, 0.29) is 0 Å². The largest absolute Gasteiger partial charge is 0.496 e. The van der Waals surface area contributed by atoms with Gasteiger partial charge in [-0.15, -0.1) is 0 Å². The second-order valence-corrected chi connectivity index (χ2v) is 3.80. The molecule has 18 heavy (non-hydrogen) atoms. The number of amides is 1. The number of carbonyl (C=O) groups is 1. The van der Waals surface area contributed by atoms with Gasteiger partial charge in [-0.3, -0.25) is 4.79 Å². The lowest BCUT2D eigenvalue weighted by molar-refractivity contribution is -0.00270. The molecule has 0 fully saturated rings. The van der Waals surface area contributed by atoms with Crippen LogP contribution in [-0.2, 0) is 0 Å². The van der Waals surface area contributed by atoms with E-state index in [0.717, 1.165) is 5.56 Å². The second-order valence-electron chi connectivity index (χ2n) is 3.80. The minimum Gasteiger partial charge on any atom is -0.496 e. The summed E-state index contributed by atoms with van der Waals surface area (Å²) in [5.74, 6) is 0.00468. The molecule has 1 aromatic carbocycles. The second kappa shape index (κ2) is 6.30. The minimum absolute atomic E-state index is 0.291. The van der Waals surface area contributed by atoms with Crippen molar-refractivity contribution in [1.29, 1.82) is 0 Å². The molecule has 0 aromatic heterocycles. The van der Waals surface area contributed by atoms with Crippen LogP contribution in [0.5, 0.6) is 5.75 Å². The zero-order valence-electron chi connectivity index (χ0n) is 10.1. The summed E-state index contributed by atoms with van der Waals surface area (Å²) in [4.78, 5) is 11.6. The molecule has 0 aliphatic rings. The van der Waals surface area contributed by atoms with Crippen molar-refractivity contribution in [3.05, 3.63) is 29.3 Å². The number of rotatable bonds is 5. The minimum atomic E-state index is -2.88. The Morgan fingerprint density at radius 1 is 1.50 bits per heavy atom. The molecule has 0 bridgehead atoms. The number of hydrogen-bond donors (Lipinski definition) is 2. The lowest BCUT2D eigenvalue weighted by Crippen LogP contribution is -2.35. The van der Waals surface area contributed by atoms with E-state index in [1.165, 1.54) is 13.2 Å². The molecule has 1 unspecified atom stereocenters. The Morgan fingerprint density at radius 3 is 2.72 bits per heavy atom. The van der Waals surface area contributed by atoms with Gasteiger partial charge in [-0.25, -0.2) is 8.78 Å². The molecule has 0 aliphatic carbocycles. The third kappa shape index (κ3) is 3.66. The number of aliphatic hydroxyl groups excluding tert-OH is 1. The highest BCUT2D eigenvalue weighted by Gasteiger charge is 2.18. The molecule has 1 rings (SSSR count). The lowest BCUT2D eigenvalue weighted by Gasteiger charge is -2.11. The Kier molecular flexibility index (Phi) is 5.03. The van der Waals surface area contributed by atoms with Gasteiger partial charge in [0.2, 0.25) is 0 Å². The molecule has 0 spiro atoms. The number of nitrogens with one attached hydrogen (secondary N) is 1. The molecule has 0 saturated heterocycles. The maximum absolute atomic E-state index is 12.0. The molecular formula is C12H15F2NO3. The Morgan fingerprint density at radius 2 is 2.17 bits per heavy atom. The van der Waals surface area contributed by atoms with Crippen LogP contribution in [0.2, 0.25) is 0 Å². The fourth-order valence-corrected chi connectivity index (χ4v) is 1.35. The third-order valence-electron chi connectivity index (χ3n) is 2.43. The van der Waals surface area contributed by atoms with E-state index in [4.69, 9.17) is 9.84 Å². The van der Waals surface area contributed by atoms with Crippen LogP contribution in [0.15, 0.2) is 18.2 Å². The number of carbonyl (C=O) groups excluding carboxylic acids is 1. The van der Waals surface area contributed by atoms with Crippen LogP contribution in [0.25, 0.3) is 0 Å². The van der Waals surface area contributed by atoms with Gasteiger partial charge in [0.05, 0.1) is 7.11 Å². The average molecular weight is 259 g/mol. The van der Waals surface area contributed by atoms with Crippen molar-refractivity contribution < 1.29 is 23.4 Å². The molecular weight excluding hydrogens is 244 g/mol. The van der Waals surface area contributed by atoms with Gasteiger partial charge in [-0.1, -0.05) is 6.07 Å². The Hall–Kier alpha value is -1.69. The number of alkyl halides is 2. The predicted molar refractivity (Wildman–Crippen MR) is 62.1 cm³/mol. The summed E-state index contributed by atoms with van der Waals surface area (Å²) < 4.78 is 29.1. The summed E-state index contributed by atoms with van der Waals surface area (Å²) >= 11 is 0. The molecule has 0 aliphatic heterocycles.